The summed E-state index contributed by atoms with van der Waals surface area (Å²) in [5.74, 6) is -4.17. The molecule has 174 valence electrons. The summed E-state index contributed by atoms with van der Waals surface area (Å²) >= 11 is 0. The highest BCUT2D eigenvalue weighted by molar-refractivity contribution is 5.83. The lowest BCUT2D eigenvalue weighted by molar-refractivity contribution is -0.175. The Kier molecular flexibility index (Phi) is 7.41. The van der Waals surface area contributed by atoms with Crippen LogP contribution < -0.4 is 0 Å². The minimum absolute atomic E-state index is 0.225. The predicted molar refractivity (Wildman–Crippen MR) is 108 cm³/mol. The Hall–Kier alpha value is -1.06. The molecular weight excluding hydrogens is 392 g/mol. The molecule has 1 aliphatic heterocycles. The first-order valence-electron chi connectivity index (χ1n) is 10.7. The van der Waals surface area contributed by atoms with E-state index in [9.17, 15) is 24.9 Å². The molecule has 2 aliphatic rings. The van der Waals surface area contributed by atoms with E-state index < -0.39 is 71.2 Å². The van der Waals surface area contributed by atoms with Crippen molar-refractivity contribution in [3.63, 3.8) is 0 Å². The number of esters is 1. The largest absolute Gasteiger partial charge is 0.458 e. The molecule has 0 spiro atoms. The van der Waals surface area contributed by atoms with E-state index in [-0.39, 0.29) is 12.2 Å². The molecule has 1 saturated heterocycles. The third kappa shape index (κ3) is 4.05. The van der Waals surface area contributed by atoms with Gasteiger partial charge in [-0.15, -0.1) is 0 Å². The number of fused-ring (bicyclic) bond motifs is 1. The van der Waals surface area contributed by atoms with Gasteiger partial charge in [-0.2, -0.15) is 0 Å². The minimum Gasteiger partial charge on any atom is -0.458 e. The molecule has 8 heteroatoms. The van der Waals surface area contributed by atoms with Crippen LogP contribution in [-0.4, -0.2) is 76.9 Å². The predicted octanol–water partition coefficient (Wildman–Crippen LogP) is 0.938. The van der Waals surface area contributed by atoms with Gasteiger partial charge in [0.05, 0.1) is 29.8 Å². The Labute approximate surface area is 178 Å². The average Bonchev–Trinajstić information content (AvgIpc) is 3.24. The van der Waals surface area contributed by atoms with Crippen molar-refractivity contribution < 1.29 is 39.1 Å². The minimum atomic E-state index is -1.69. The van der Waals surface area contributed by atoms with Gasteiger partial charge in [0.15, 0.2) is 0 Å². The first kappa shape index (κ1) is 25.2. The van der Waals surface area contributed by atoms with Crippen molar-refractivity contribution in [1.29, 1.82) is 0 Å². The third-order valence-corrected chi connectivity index (χ3v) is 7.59. The van der Waals surface area contributed by atoms with Gasteiger partial charge >= 0.3 is 5.97 Å². The molecule has 0 aromatic rings. The summed E-state index contributed by atoms with van der Waals surface area (Å²) in [6.45, 7) is 10.1. The normalized spacial score (nSPS) is 51.0. The van der Waals surface area contributed by atoms with Crippen LogP contribution in [0.2, 0.25) is 0 Å². The second kappa shape index (κ2) is 8.82. The number of hydrogen-bond acceptors (Lipinski definition) is 8. The molecule has 2 fully saturated rings. The lowest BCUT2D eigenvalue weighted by atomic mass is 9.75. The lowest BCUT2D eigenvalue weighted by Crippen LogP contribution is -2.53. The fourth-order valence-electron chi connectivity index (χ4n) is 5.22. The highest BCUT2D eigenvalue weighted by atomic mass is 16.6. The second-order valence-electron chi connectivity index (χ2n) is 9.59. The molecule has 0 aromatic heterocycles. The van der Waals surface area contributed by atoms with Gasteiger partial charge in [0.1, 0.15) is 17.5 Å². The zero-order chi connectivity index (χ0) is 23.2. The van der Waals surface area contributed by atoms with Crippen molar-refractivity contribution in [2.75, 3.05) is 14.2 Å². The summed E-state index contributed by atoms with van der Waals surface area (Å²) in [6.07, 6.45) is -3.74. The van der Waals surface area contributed by atoms with Crippen molar-refractivity contribution in [2.24, 2.45) is 29.6 Å². The van der Waals surface area contributed by atoms with E-state index in [0.29, 0.717) is 0 Å². The van der Waals surface area contributed by atoms with E-state index in [2.05, 4.69) is 0 Å². The molecule has 0 radical (unpaired) electrons. The molecule has 0 aromatic carbocycles. The standard InChI is InChI=1S/C22H38O8/c1-10-9-21(6,29-8)18(28-7)12(3)16(24)13(4)20(26)30-19-14(5)22(19,27)17(25)11(2)15(10)23/h10-14,16-19,24-25,27H,9H2,1-8H3/t10-,11+,12+,13-,14?,16-,17-,18-,19?,21+,22+/m1/s1. The van der Waals surface area contributed by atoms with Crippen molar-refractivity contribution >= 4 is 11.8 Å². The number of carbonyl (C=O) groups excluding carboxylic acids is 2. The summed E-state index contributed by atoms with van der Waals surface area (Å²) in [6, 6.07) is 0. The Morgan fingerprint density at radius 1 is 1.03 bits per heavy atom. The Morgan fingerprint density at radius 3 is 2.10 bits per heavy atom. The number of aliphatic hydroxyl groups excluding tert-OH is 2. The smallest absolute Gasteiger partial charge is 0.311 e. The van der Waals surface area contributed by atoms with Crippen LogP contribution in [0, 0.1) is 29.6 Å². The molecule has 0 amide bonds. The summed E-state index contributed by atoms with van der Waals surface area (Å²) in [5.41, 5.74) is -2.63. The first-order valence-corrected chi connectivity index (χ1v) is 10.7. The lowest BCUT2D eigenvalue weighted by Gasteiger charge is -2.42. The molecule has 1 heterocycles. The number of rotatable bonds is 2. The molecule has 2 rings (SSSR count). The summed E-state index contributed by atoms with van der Waals surface area (Å²) in [7, 11) is 3.02. The number of ketones is 1. The van der Waals surface area contributed by atoms with E-state index in [1.54, 1.807) is 41.5 Å². The molecule has 1 saturated carbocycles. The topological polar surface area (TPSA) is 123 Å². The fraction of sp³-hybridized carbons (Fsp3) is 0.909. The zero-order valence-electron chi connectivity index (χ0n) is 19.3. The van der Waals surface area contributed by atoms with Crippen LogP contribution in [0.15, 0.2) is 0 Å². The second-order valence-corrected chi connectivity index (χ2v) is 9.59. The molecule has 0 bridgehead atoms. The van der Waals surface area contributed by atoms with Crippen LogP contribution in [0.5, 0.6) is 0 Å². The van der Waals surface area contributed by atoms with E-state index in [1.165, 1.54) is 14.2 Å². The van der Waals surface area contributed by atoms with Gasteiger partial charge < -0.3 is 29.5 Å². The van der Waals surface area contributed by atoms with Gasteiger partial charge in [-0.05, 0) is 20.3 Å². The van der Waals surface area contributed by atoms with Crippen LogP contribution in [-0.2, 0) is 23.8 Å². The summed E-state index contributed by atoms with van der Waals surface area (Å²) in [4.78, 5) is 25.8. The molecule has 11 atom stereocenters. The van der Waals surface area contributed by atoms with Crippen molar-refractivity contribution in [2.45, 2.75) is 83.6 Å². The number of ether oxygens (including phenoxy) is 3. The molecular formula is C22H38O8. The first-order chi connectivity index (χ1) is 13.8. The zero-order valence-corrected chi connectivity index (χ0v) is 19.3. The van der Waals surface area contributed by atoms with E-state index in [0.717, 1.165) is 0 Å². The number of hydrogen-bond donors (Lipinski definition) is 3. The van der Waals surface area contributed by atoms with Crippen LogP contribution in [0.25, 0.3) is 0 Å². The van der Waals surface area contributed by atoms with E-state index >= 15 is 0 Å². The summed E-state index contributed by atoms with van der Waals surface area (Å²) < 4.78 is 16.9. The maximum atomic E-state index is 13.1. The van der Waals surface area contributed by atoms with Gasteiger partial charge in [0, 0.05) is 37.9 Å². The fourth-order valence-corrected chi connectivity index (χ4v) is 5.22. The molecule has 8 nitrogen and oxygen atoms in total. The van der Waals surface area contributed by atoms with Crippen LogP contribution in [0.1, 0.15) is 48.0 Å². The van der Waals surface area contributed by atoms with Crippen LogP contribution in [0.4, 0.5) is 0 Å². The van der Waals surface area contributed by atoms with Gasteiger partial charge in [0.2, 0.25) is 0 Å². The van der Waals surface area contributed by atoms with Gasteiger partial charge in [-0.1, -0.05) is 27.7 Å². The van der Waals surface area contributed by atoms with Gasteiger partial charge in [-0.3, -0.25) is 9.59 Å². The van der Waals surface area contributed by atoms with Crippen molar-refractivity contribution in [1.82, 2.24) is 0 Å². The monoisotopic (exact) mass is 430 g/mol. The van der Waals surface area contributed by atoms with Crippen molar-refractivity contribution in [3.8, 4) is 0 Å². The summed E-state index contributed by atoms with van der Waals surface area (Å²) in [5, 5.41) is 32.6. The highest BCUT2D eigenvalue weighted by Gasteiger charge is 2.70. The Bertz CT molecular complexity index is 653. The molecule has 30 heavy (non-hydrogen) atoms. The number of Topliss-reactive ketones (excluding diaryl/α,β-unsaturated/α-hetero) is 1. The van der Waals surface area contributed by atoms with Crippen LogP contribution >= 0.6 is 0 Å². The maximum Gasteiger partial charge on any atom is 0.311 e. The van der Waals surface area contributed by atoms with Crippen LogP contribution in [0.3, 0.4) is 0 Å². The Balaban J connectivity index is 2.48. The third-order valence-electron chi connectivity index (χ3n) is 7.59. The number of carbonyl (C=O) groups is 2. The molecule has 2 unspecified atom stereocenters. The highest BCUT2D eigenvalue weighted by Crippen LogP contribution is 2.51. The number of methoxy groups -OCH3 is 2. The van der Waals surface area contributed by atoms with Gasteiger partial charge in [-0.25, -0.2) is 0 Å². The molecule has 1 aliphatic carbocycles. The van der Waals surface area contributed by atoms with E-state index in [4.69, 9.17) is 14.2 Å². The Morgan fingerprint density at radius 2 is 1.60 bits per heavy atom. The van der Waals surface area contributed by atoms with Crippen molar-refractivity contribution in [3.05, 3.63) is 0 Å². The van der Waals surface area contributed by atoms with E-state index in [1.807, 2.05) is 0 Å². The van der Waals surface area contributed by atoms with Gasteiger partial charge in [0.25, 0.3) is 0 Å². The molecule has 3 N–H and O–H groups in total. The quantitative estimate of drug-likeness (QED) is 0.553. The average molecular weight is 431 g/mol. The maximum absolute atomic E-state index is 13.1. The number of aliphatic hydroxyl groups is 3. The SMILES string of the molecule is CO[C@@H]1[C@@H](C)[C@@H](O)[C@@H](C)C(=O)OC2C(C)[C@]2(O)[C@H](O)[C@@H](C)C(=O)[C@H](C)C[C@]1(C)OC.